The Hall–Kier alpha value is -9.28. The second-order valence-electron chi connectivity index (χ2n) is 16.7. The number of alkyl halides is 7. The van der Waals surface area contributed by atoms with Crippen LogP contribution < -0.4 is 16.0 Å². The number of thiophene rings is 2. The van der Waals surface area contributed by atoms with Crippen molar-refractivity contribution in [3.63, 3.8) is 0 Å². The smallest absolute Gasteiger partial charge is 0.382 e. The van der Waals surface area contributed by atoms with Gasteiger partial charge in [0, 0.05) is 85.5 Å². The van der Waals surface area contributed by atoms with E-state index in [1.807, 2.05) is 57.9 Å². The maximum atomic E-state index is 12.8. The highest BCUT2D eigenvalue weighted by Gasteiger charge is 2.39. The molecule has 0 unspecified atom stereocenters. The van der Waals surface area contributed by atoms with Crippen LogP contribution in [0.2, 0.25) is 0 Å². The van der Waals surface area contributed by atoms with E-state index in [1.54, 1.807) is 111 Å². The molecule has 0 atom stereocenters. The molecule has 0 spiro atoms. The summed E-state index contributed by atoms with van der Waals surface area (Å²) in [6.07, 6.45) is 15.5. The van der Waals surface area contributed by atoms with Crippen molar-refractivity contribution < 1.29 is 35.4 Å². The molecule has 13 aromatic rings. The van der Waals surface area contributed by atoms with Crippen molar-refractivity contribution in [3.8, 4) is 21.4 Å². The molecule has 13 heterocycles. The number of nitrogen functional groups attached to an aromatic ring is 1. The minimum atomic E-state index is -4.69. The predicted octanol–water partition coefficient (Wildman–Crippen LogP) is 11.9. The van der Waals surface area contributed by atoms with E-state index in [2.05, 4.69) is 126 Å². The Morgan fingerprint density at radius 1 is 0.560 bits per heavy atom. The Labute approximate surface area is 495 Å². The highest BCUT2D eigenvalue weighted by Crippen LogP contribution is 2.35. The summed E-state index contributed by atoms with van der Waals surface area (Å²) in [5.74, 6) is 0.133. The zero-order valence-electron chi connectivity index (χ0n) is 42.8. The summed E-state index contributed by atoms with van der Waals surface area (Å²) >= 11 is 9.08. The van der Waals surface area contributed by atoms with Gasteiger partial charge in [-0.2, -0.15) is 36.3 Å². The zero-order valence-corrected chi connectivity index (χ0v) is 47.6. The van der Waals surface area contributed by atoms with Crippen LogP contribution in [0.25, 0.3) is 54.5 Å². The average Bonchev–Trinajstić information content (AvgIpc) is 4.35. The van der Waals surface area contributed by atoms with Crippen LogP contribution in [0.5, 0.6) is 0 Å². The summed E-state index contributed by atoms with van der Waals surface area (Å²) in [6.45, 7) is 0.346. The zero-order chi connectivity index (χ0) is 58.7. The molecule has 0 bridgehead atoms. The number of anilines is 5. The van der Waals surface area contributed by atoms with Crippen LogP contribution in [0.1, 0.15) is 29.0 Å². The third-order valence-electron chi connectivity index (χ3n) is 10.8. The lowest BCUT2D eigenvalue weighted by Crippen LogP contribution is -2.18. The van der Waals surface area contributed by atoms with Crippen LogP contribution in [0, 0.1) is 0 Å². The fraction of sp³-hybridized carbons (Fsp3) is 0.160. The van der Waals surface area contributed by atoms with Crippen LogP contribution in [0.3, 0.4) is 0 Å². The van der Waals surface area contributed by atoms with Gasteiger partial charge >= 0.3 is 24.1 Å². The van der Waals surface area contributed by atoms with E-state index < -0.39 is 24.1 Å². The number of rotatable bonds is 9. The fourth-order valence-electron chi connectivity index (χ4n) is 6.95. The third kappa shape index (κ3) is 15.6. The summed E-state index contributed by atoms with van der Waals surface area (Å²) in [4.78, 5) is 61.1. The van der Waals surface area contributed by atoms with Gasteiger partial charge in [0.25, 0.3) is 0 Å². The van der Waals surface area contributed by atoms with Gasteiger partial charge in [0.1, 0.15) is 27.9 Å². The molecule has 13 rings (SSSR count). The van der Waals surface area contributed by atoms with Gasteiger partial charge in [-0.1, -0.05) is 33.7 Å². The second-order valence-corrected chi connectivity index (χ2v) is 20.4. The molecule has 0 amide bonds. The SMILES string of the molecule is C.Cn1cnc2cc(Br)ncc21.Cn1cnc2cc(N(Cc3ccc(-c4noc(C(F)(F)F)n4)s3)c3cnccn3)ncc21.Cn1cnc2cc(Nc3cnccn3)ncc21.FC(F)(F)c1nc(-c2ccc(CBr)s2)no1.Nc1cnccn1. The van der Waals surface area contributed by atoms with Crippen LogP contribution in [-0.4, -0.2) is 93.8 Å². The van der Waals surface area contributed by atoms with E-state index in [0.717, 1.165) is 47.5 Å². The molecule has 3 N–H and O–H groups in total. The van der Waals surface area contributed by atoms with Crippen molar-refractivity contribution in [2.24, 2.45) is 21.1 Å². The molecule has 432 valence electrons. The van der Waals surface area contributed by atoms with Crippen molar-refractivity contribution in [1.82, 2.24) is 93.8 Å². The van der Waals surface area contributed by atoms with Gasteiger partial charge in [-0.25, -0.2) is 44.9 Å². The van der Waals surface area contributed by atoms with Gasteiger partial charge in [0.2, 0.25) is 11.6 Å². The van der Waals surface area contributed by atoms with Crippen LogP contribution >= 0.6 is 54.5 Å². The number of aromatic nitrogens is 19. The Kier molecular flexibility index (Phi) is 19.7. The number of halogens is 8. The molecule has 0 fully saturated rings. The first-order valence-electron chi connectivity index (χ1n) is 23.5. The maximum absolute atomic E-state index is 12.8. The standard InChI is InChI=1S/C19H13F3N8OS.C11H10N6.C8H4BrF3N2OS.C7H6BrN3.C4H5N3.CH4/c1-29-10-26-12-6-15(25-7-13(12)29)30(16-8-23-4-5-24-16)9-11-2-3-14(32-11)17-27-18(31-28-17)19(20,21)22;1-17-7-15-8-4-10(14-5-9(8)17)16-11-6-12-2-3-13-11;9-3-4-1-2-5(16-4)6-13-7(15-14-6)8(10,11)12;1-11-4-10-5-2-7(8)9-3-6(5)11;5-4-3-6-1-2-7-4;/h2-8,10H,9H2,1H3;2-7H,1H3,(H,13,14,16);1-2H,3H2;2-4H,1H3;1-3H,(H2,5,7);1H4. The predicted molar refractivity (Wildman–Crippen MR) is 307 cm³/mol. The fourth-order valence-corrected chi connectivity index (χ4v) is 9.51. The minimum absolute atomic E-state index is 0. The molecule has 0 saturated heterocycles. The van der Waals surface area contributed by atoms with Crippen molar-refractivity contribution in [2.75, 3.05) is 16.0 Å². The third-order valence-corrected chi connectivity index (χ3v) is 14.4. The Balaban J connectivity index is 0.000000150. The van der Waals surface area contributed by atoms with Gasteiger partial charge < -0.3 is 38.7 Å². The monoisotopic (exact) mass is 1320 g/mol. The number of nitrogens with zero attached hydrogens (tertiary/aromatic N) is 20. The molecule has 0 radical (unpaired) electrons. The first kappa shape index (κ1) is 60.8. The number of fused-ring (bicyclic) bond motifs is 3. The lowest BCUT2D eigenvalue weighted by molar-refractivity contribution is -0.160. The minimum Gasteiger partial charge on any atom is -0.382 e. The van der Waals surface area contributed by atoms with E-state index in [-0.39, 0.29) is 19.1 Å². The largest absolute Gasteiger partial charge is 0.471 e. The highest BCUT2D eigenvalue weighted by atomic mass is 79.9. The van der Waals surface area contributed by atoms with Crippen molar-refractivity contribution in [2.45, 2.75) is 31.7 Å². The number of hydrogen-bond acceptors (Lipinski definition) is 23. The number of imidazole rings is 3. The lowest BCUT2D eigenvalue weighted by atomic mass is 10.3. The van der Waals surface area contributed by atoms with Gasteiger partial charge in [0.15, 0.2) is 5.82 Å². The topological polar surface area (TPSA) is 289 Å². The summed E-state index contributed by atoms with van der Waals surface area (Å²) < 4.78 is 89.8. The quantitative estimate of drug-likeness (QED) is 0.0771. The summed E-state index contributed by atoms with van der Waals surface area (Å²) in [5, 5.41) is 10.4. The van der Waals surface area contributed by atoms with Crippen molar-refractivity contribution in [3.05, 3.63) is 162 Å². The number of hydrogen-bond donors (Lipinski definition) is 2. The normalized spacial score (nSPS) is 11.1. The van der Waals surface area contributed by atoms with E-state index in [0.29, 0.717) is 50.7 Å². The van der Waals surface area contributed by atoms with Gasteiger partial charge in [-0.3, -0.25) is 15.0 Å². The van der Waals surface area contributed by atoms with Crippen molar-refractivity contribution >= 4 is 117 Å². The number of nitrogens with two attached hydrogens (primary N) is 1. The Morgan fingerprint density at radius 2 is 1.07 bits per heavy atom. The van der Waals surface area contributed by atoms with Gasteiger partial charge in [0.05, 0.1) is 106 Å². The molecule has 0 aromatic carbocycles. The first-order valence-corrected chi connectivity index (χ1v) is 27.0. The Morgan fingerprint density at radius 3 is 1.56 bits per heavy atom. The van der Waals surface area contributed by atoms with Crippen LogP contribution in [-0.2, 0) is 45.4 Å². The first-order chi connectivity index (χ1) is 39.9. The van der Waals surface area contributed by atoms with Crippen molar-refractivity contribution in [1.29, 1.82) is 0 Å². The molecule has 0 saturated carbocycles. The number of pyridine rings is 3. The van der Waals surface area contributed by atoms with Gasteiger partial charge in [-0.05, 0) is 46.3 Å². The number of aryl methyl sites for hydroxylation is 3. The number of nitrogens with one attached hydrogen (secondary N) is 1. The van der Waals surface area contributed by atoms with E-state index in [1.165, 1.54) is 28.9 Å². The van der Waals surface area contributed by atoms with E-state index in [4.69, 9.17) is 5.73 Å². The van der Waals surface area contributed by atoms with E-state index in [9.17, 15) is 26.3 Å². The maximum Gasteiger partial charge on any atom is 0.471 e. The summed E-state index contributed by atoms with van der Waals surface area (Å²) in [6, 6.07) is 12.5. The van der Waals surface area contributed by atoms with Crippen LogP contribution in [0.15, 0.2) is 149 Å². The lowest BCUT2D eigenvalue weighted by Gasteiger charge is -2.21. The van der Waals surface area contributed by atoms with Crippen LogP contribution in [0.4, 0.5) is 55.4 Å². The average molecular weight is 1320 g/mol. The molecular weight excluding hydrogens is 1280 g/mol. The molecular formula is C50H42Br2F6N22O2S2. The molecule has 0 aliphatic heterocycles. The molecule has 24 nitrogen and oxygen atoms in total. The van der Waals surface area contributed by atoms with Gasteiger partial charge in [-0.15, -0.1) is 22.7 Å². The second kappa shape index (κ2) is 27.2. The van der Waals surface area contributed by atoms with E-state index >= 15 is 0 Å². The Bertz CT molecular complexity index is 4200. The highest BCUT2D eigenvalue weighted by molar-refractivity contribution is 9.10. The molecule has 0 aliphatic rings. The molecule has 34 heteroatoms. The summed E-state index contributed by atoms with van der Waals surface area (Å²) in [5.41, 5.74) is 10.7. The summed E-state index contributed by atoms with van der Waals surface area (Å²) in [7, 11) is 5.77. The molecule has 0 aliphatic carbocycles. The molecule has 84 heavy (non-hydrogen) atoms. The molecule has 13 aromatic heterocycles.